The Morgan fingerprint density at radius 3 is 2.27 bits per heavy atom. The molecule has 1 heterocycles. The van der Waals surface area contributed by atoms with Gasteiger partial charge in [0.15, 0.2) is 0 Å². The maximum absolute atomic E-state index is 3.48. The van der Waals surface area contributed by atoms with Gasteiger partial charge in [-0.15, -0.1) is 0 Å². The van der Waals surface area contributed by atoms with Crippen LogP contribution in [0.4, 0.5) is 0 Å². The fraction of sp³-hybridized carbons (Fsp3) is 0.538. The maximum Gasteiger partial charge on any atom is 0.0319 e. The van der Waals surface area contributed by atoms with Crippen molar-refractivity contribution in [1.82, 2.24) is 4.90 Å². The Bertz CT molecular complexity index is 301. The molecule has 1 saturated heterocycles. The van der Waals surface area contributed by atoms with Crippen molar-refractivity contribution in [3.8, 4) is 0 Å². The van der Waals surface area contributed by atoms with Gasteiger partial charge < -0.3 is 0 Å². The number of piperidine rings is 1. The smallest absolute Gasteiger partial charge is 0.0319 e. The second kappa shape index (κ2) is 5.13. The van der Waals surface area contributed by atoms with E-state index in [1.54, 1.807) is 0 Å². The van der Waals surface area contributed by atoms with Gasteiger partial charge in [0, 0.05) is 10.5 Å². The zero-order valence-electron chi connectivity index (χ0n) is 9.25. The molecule has 0 saturated carbocycles. The molecule has 1 nitrogen and oxygen atoms in total. The molecule has 1 aromatic rings. The van der Waals surface area contributed by atoms with Crippen molar-refractivity contribution in [3.05, 3.63) is 34.3 Å². The fourth-order valence-corrected chi connectivity index (χ4v) is 2.52. The van der Waals surface area contributed by atoms with Gasteiger partial charge in [-0.25, -0.2) is 0 Å². The first-order valence-electron chi connectivity index (χ1n) is 5.77. The van der Waals surface area contributed by atoms with E-state index in [2.05, 4.69) is 52.0 Å². The van der Waals surface area contributed by atoms with Crippen LogP contribution in [-0.4, -0.2) is 18.0 Å². The Morgan fingerprint density at radius 1 is 1.07 bits per heavy atom. The van der Waals surface area contributed by atoms with Gasteiger partial charge in [0.2, 0.25) is 0 Å². The lowest BCUT2D eigenvalue weighted by atomic mass is 10.0. The molecular weight excluding hydrogens is 250 g/mol. The molecular formula is C13H18BrN. The van der Waals surface area contributed by atoms with E-state index in [0.29, 0.717) is 6.04 Å². The Hall–Kier alpha value is -0.340. The molecule has 0 bridgehead atoms. The van der Waals surface area contributed by atoms with Gasteiger partial charge in [-0.05, 0) is 50.6 Å². The highest BCUT2D eigenvalue weighted by Gasteiger charge is 2.17. The summed E-state index contributed by atoms with van der Waals surface area (Å²) in [6, 6.07) is 9.29. The highest BCUT2D eigenvalue weighted by atomic mass is 79.9. The SMILES string of the molecule is C[C@@H](c1ccc(Br)cc1)N1CCCCC1. The number of rotatable bonds is 2. The maximum atomic E-state index is 3.48. The minimum absolute atomic E-state index is 0.568. The summed E-state index contributed by atoms with van der Waals surface area (Å²) in [6.07, 6.45) is 4.13. The molecule has 0 spiro atoms. The predicted molar refractivity (Wildman–Crippen MR) is 68.0 cm³/mol. The molecule has 1 atom stereocenters. The predicted octanol–water partition coefficient (Wildman–Crippen LogP) is 4.00. The molecule has 1 fully saturated rings. The molecule has 0 radical (unpaired) electrons. The van der Waals surface area contributed by atoms with E-state index in [1.807, 2.05) is 0 Å². The zero-order chi connectivity index (χ0) is 10.7. The molecule has 2 rings (SSSR count). The lowest BCUT2D eigenvalue weighted by Gasteiger charge is -2.32. The molecule has 0 unspecified atom stereocenters. The Balaban J connectivity index is 2.05. The molecule has 1 aliphatic heterocycles. The number of likely N-dealkylation sites (tertiary alicyclic amines) is 1. The van der Waals surface area contributed by atoms with Gasteiger partial charge in [-0.2, -0.15) is 0 Å². The van der Waals surface area contributed by atoms with Gasteiger partial charge in [0.1, 0.15) is 0 Å². The lowest BCUT2D eigenvalue weighted by molar-refractivity contribution is 0.175. The summed E-state index contributed by atoms with van der Waals surface area (Å²) in [5.41, 5.74) is 1.43. The second-order valence-electron chi connectivity index (χ2n) is 4.32. The van der Waals surface area contributed by atoms with Crippen molar-refractivity contribution in [2.75, 3.05) is 13.1 Å². The van der Waals surface area contributed by atoms with Crippen LogP contribution in [-0.2, 0) is 0 Å². The standard InChI is InChI=1S/C13H18BrN/c1-11(15-9-3-2-4-10-15)12-5-7-13(14)8-6-12/h5-8,11H,2-4,9-10H2,1H3/t11-/m0/s1. The summed E-state index contributed by atoms with van der Waals surface area (Å²) in [5.74, 6) is 0. The van der Waals surface area contributed by atoms with Crippen LogP contribution in [0.2, 0.25) is 0 Å². The lowest BCUT2D eigenvalue weighted by Crippen LogP contribution is -2.32. The summed E-state index contributed by atoms with van der Waals surface area (Å²) in [7, 11) is 0. The number of benzene rings is 1. The Kier molecular flexibility index (Phi) is 3.81. The highest BCUT2D eigenvalue weighted by molar-refractivity contribution is 9.10. The molecule has 1 aromatic carbocycles. The van der Waals surface area contributed by atoms with Gasteiger partial charge in [-0.1, -0.05) is 34.5 Å². The van der Waals surface area contributed by atoms with Crippen LogP contribution < -0.4 is 0 Å². The van der Waals surface area contributed by atoms with Crippen molar-refractivity contribution < 1.29 is 0 Å². The summed E-state index contributed by atoms with van der Waals surface area (Å²) >= 11 is 3.48. The average molecular weight is 268 g/mol. The van der Waals surface area contributed by atoms with Gasteiger partial charge in [-0.3, -0.25) is 4.90 Å². The molecule has 15 heavy (non-hydrogen) atoms. The normalized spacial score (nSPS) is 20.1. The minimum Gasteiger partial charge on any atom is -0.297 e. The van der Waals surface area contributed by atoms with Crippen LogP contribution in [0.15, 0.2) is 28.7 Å². The van der Waals surface area contributed by atoms with Crippen LogP contribution >= 0.6 is 15.9 Å². The van der Waals surface area contributed by atoms with E-state index in [4.69, 9.17) is 0 Å². The number of nitrogens with zero attached hydrogens (tertiary/aromatic N) is 1. The summed E-state index contributed by atoms with van der Waals surface area (Å²) in [6.45, 7) is 4.84. The van der Waals surface area contributed by atoms with Crippen LogP contribution in [0.5, 0.6) is 0 Å². The molecule has 0 aliphatic carbocycles. The third kappa shape index (κ3) is 2.82. The van der Waals surface area contributed by atoms with E-state index < -0.39 is 0 Å². The molecule has 0 amide bonds. The average Bonchev–Trinajstić information content (AvgIpc) is 2.30. The monoisotopic (exact) mass is 267 g/mol. The molecule has 2 heteroatoms. The zero-order valence-corrected chi connectivity index (χ0v) is 10.8. The van der Waals surface area contributed by atoms with Crippen molar-refractivity contribution in [2.24, 2.45) is 0 Å². The van der Waals surface area contributed by atoms with Crippen LogP contribution in [0, 0.1) is 0 Å². The highest BCUT2D eigenvalue weighted by Crippen LogP contribution is 2.24. The van der Waals surface area contributed by atoms with E-state index in [9.17, 15) is 0 Å². The van der Waals surface area contributed by atoms with Crippen molar-refractivity contribution in [1.29, 1.82) is 0 Å². The second-order valence-corrected chi connectivity index (χ2v) is 5.24. The third-order valence-electron chi connectivity index (χ3n) is 3.29. The van der Waals surface area contributed by atoms with Crippen LogP contribution in [0.25, 0.3) is 0 Å². The molecule has 82 valence electrons. The molecule has 1 aliphatic rings. The number of halogens is 1. The first-order valence-corrected chi connectivity index (χ1v) is 6.56. The fourth-order valence-electron chi connectivity index (χ4n) is 2.26. The molecule has 0 aromatic heterocycles. The topological polar surface area (TPSA) is 3.24 Å². The van der Waals surface area contributed by atoms with E-state index in [0.717, 1.165) is 4.47 Å². The first-order chi connectivity index (χ1) is 7.27. The van der Waals surface area contributed by atoms with Gasteiger partial charge >= 0.3 is 0 Å². The first kappa shape index (κ1) is 11.2. The number of hydrogen-bond donors (Lipinski definition) is 0. The summed E-state index contributed by atoms with van der Waals surface area (Å²) in [5, 5.41) is 0. The number of hydrogen-bond acceptors (Lipinski definition) is 1. The van der Waals surface area contributed by atoms with Crippen LogP contribution in [0.3, 0.4) is 0 Å². The van der Waals surface area contributed by atoms with E-state index in [-0.39, 0.29) is 0 Å². The van der Waals surface area contributed by atoms with Gasteiger partial charge in [0.05, 0.1) is 0 Å². The summed E-state index contributed by atoms with van der Waals surface area (Å²) < 4.78 is 1.16. The Labute approximate surface area is 101 Å². The van der Waals surface area contributed by atoms with Gasteiger partial charge in [0.25, 0.3) is 0 Å². The van der Waals surface area contributed by atoms with E-state index >= 15 is 0 Å². The largest absolute Gasteiger partial charge is 0.297 e. The minimum atomic E-state index is 0.568. The quantitative estimate of drug-likeness (QED) is 0.783. The molecule has 0 N–H and O–H groups in total. The van der Waals surface area contributed by atoms with Crippen molar-refractivity contribution in [2.45, 2.75) is 32.2 Å². The van der Waals surface area contributed by atoms with E-state index in [1.165, 1.54) is 37.9 Å². The van der Waals surface area contributed by atoms with Crippen molar-refractivity contribution in [3.63, 3.8) is 0 Å². The third-order valence-corrected chi connectivity index (χ3v) is 3.82. The van der Waals surface area contributed by atoms with Crippen LogP contribution in [0.1, 0.15) is 37.8 Å². The van der Waals surface area contributed by atoms with Crippen molar-refractivity contribution >= 4 is 15.9 Å². The summed E-state index contributed by atoms with van der Waals surface area (Å²) in [4.78, 5) is 2.59. The Morgan fingerprint density at radius 2 is 1.67 bits per heavy atom.